The number of methoxy groups -OCH3 is 1. The highest BCUT2D eigenvalue weighted by molar-refractivity contribution is 7.92. The summed E-state index contributed by atoms with van der Waals surface area (Å²) in [5.74, 6) is -0.784. The third kappa shape index (κ3) is 5.12. The molecule has 1 rings (SSSR count). The van der Waals surface area contributed by atoms with Crippen LogP contribution in [0, 0.1) is 13.8 Å². The normalized spacial score (nSPS) is 11.5. The molecular weight excluding hydrogens is 264 g/mol. The average molecular weight is 284 g/mol. The number of Topliss-reactive ketones (excluding diaryl/α,β-unsaturated/α-hetero) is 1. The maximum Gasteiger partial charge on any atom is 0.178 e. The van der Waals surface area contributed by atoms with Gasteiger partial charge in [0.2, 0.25) is 0 Å². The summed E-state index contributed by atoms with van der Waals surface area (Å²) in [4.78, 5) is 12.0. The molecule has 1 aromatic rings. The van der Waals surface area contributed by atoms with Gasteiger partial charge in [-0.1, -0.05) is 23.8 Å². The van der Waals surface area contributed by atoms with Gasteiger partial charge in [0.05, 0.1) is 5.75 Å². The van der Waals surface area contributed by atoms with Gasteiger partial charge in [-0.05, 0) is 25.8 Å². The first-order valence-corrected chi connectivity index (χ1v) is 7.97. The van der Waals surface area contributed by atoms with Crippen molar-refractivity contribution in [3.05, 3.63) is 34.9 Å². The van der Waals surface area contributed by atoms with Gasteiger partial charge in [0.15, 0.2) is 15.6 Å². The molecule has 0 aliphatic heterocycles. The van der Waals surface area contributed by atoms with Crippen LogP contribution in [0.3, 0.4) is 0 Å². The summed E-state index contributed by atoms with van der Waals surface area (Å²) >= 11 is 0. The minimum atomic E-state index is -3.36. The molecule has 0 heterocycles. The lowest BCUT2D eigenvalue weighted by molar-refractivity contribution is 0.102. The van der Waals surface area contributed by atoms with E-state index in [1.165, 1.54) is 7.11 Å². The summed E-state index contributed by atoms with van der Waals surface area (Å²) in [5.41, 5.74) is 2.36. The predicted molar refractivity (Wildman–Crippen MR) is 75.4 cm³/mol. The number of carbonyl (C=O) groups is 1. The molecule has 0 fully saturated rings. The van der Waals surface area contributed by atoms with Crippen molar-refractivity contribution in [2.75, 3.05) is 25.2 Å². The fourth-order valence-corrected chi connectivity index (χ4v) is 3.16. The second-order valence-corrected chi connectivity index (χ2v) is 6.86. The van der Waals surface area contributed by atoms with Gasteiger partial charge in [0, 0.05) is 19.3 Å². The van der Waals surface area contributed by atoms with Crippen LogP contribution in [0.1, 0.15) is 27.9 Å². The molecule has 0 spiro atoms. The predicted octanol–water partition coefficient (Wildman–Crippen LogP) is 1.94. The molecule has 0 aliphatic rings. The Morgan fingerprint density at radius 3 is 2.53 bits per heavy atom. The van der Waals surface area contributed by atoms with Crippen molar-refractivity contribution in [2.45, 2.75) is 20.3 Å². The first-order chi connectivity index (χ1) is 8.85. The van der Waals surface area contributed by atoms with Gasteiger partial charge in [-0.2, -0.15) is 0 Å². The van der Waals surface area contributed by atoms with Gasteiger partial charge in [-0.3, -0.25) is 4.79 Å². The first kappa shape index (κ1) is 15.9. The summed E-state index contributed by atoms with van der Waals surface area (Å²) in [6.07, 6.45) is 0.416. The van der Waals surface area contributed by atoms with Crippen LogP contribution in [-0.4, -0.2) is 39.4 Å². The zero-order chi connectivity index (χ0) is 14.5. The third-order valence-electron chi connectivity index (χ3n) is 2.84. The fourth-order valence-electron chi connectivity index (χ4n) is 1.90. The van der Waals surface area contributed by atoms with E-state index >= 15 is 0 Å². The summed E-state index contributed by atoms with van der Waals surface area (Å²) in [6, 6.07) is 5.39. The van der Waals surface area contributed by atoms with Crippen LogP contribution in [0.5, 0.6) is 0 Å². The Morgan fingerprint density at radius 1 is 1.26 bits per heavy atom. The molecule has 4 nitrogen and oxygen atoms in total. The molecule has 0 saturated carbocycles. The third-order valence-corrected chi connectivity index (χ3v) is 4.45. The number of rotatable bonds is 7. The standard InChI is InChI=1S/C14H20O4S/c1-11-5-6-13(12(2)9-11)14(15)10-19(16,17)8-4-7-18-3/h5-6,9H,4,7-8,10H2,1-3H3. The molecule has 1 aromatic carbocycles. The van der Waals surface area contributed by atoms with Gasteiger partial charge in [0.25, 0.3) is 0 Å². The largest absolute Gasteiger partial charge is 0.385 e. The van der Waals surface area contributed by atoms with E-state index in [2.05, 4.69) is 0 Å². The van der Waals surface area contributed by atoms with E-state index in [0.29, 0.717) is 18.6 Å². The Kier molecular flexibility index (Phi) is 5.69. The van der Waals surface area contributed by atoms with Crippen molar-refractivity contribution in [1.82, 2.24) is 0 Å². The summed E-state index contributed by atoms with van der Waals surface area (Å²) < 4.78 is 28.4. The quantitative estimate of drug-likeness (QED) is 0.567. The van der Waals surface area contributed by atoms with Gasteiger partial charge in [-0.15, -0.1) is 0 Å². The Hall–Kier alpha value is -1.20. The Morgan fingerprint density at radius 2 is 1.95 bits per heavy atom. The van der Waals surface area contributed by atoms with Crippen molar-refractivity contribution >= 4 is 15.6 Å². The number of carbonyl (C=O) groups excluding carboxylic acids is 1. The minimum Gasteiger partial charge on any atom is -0.385 e. The van der Waals surface area contributed by atoms with Crippen molar-refractivity contribution in [3.8, 4) is 0 Å². The van der Waals surface area contributed by atoms with E-state index in [0.717, 1.165) is 11.1 Å². The number of hydrogen-bond acceptors (Lipinski definition) is 4. The number of hydrogen-bond donors (Lipinski definition) is 0. The Labute approximate surface area is 114 Å². The highest BCUT2D eigenvalue weighted by Crippen LogP contribution is 2.12. The van der Waals surface area contributed by atoms with Crippen LogP contribution < -0.4 is 0 Å². The van der Waals surface area contributed by atoms with Gasteiger partial charge in [0.1, 0.15) is 5.75 Å². The van der Waals surface area contributed by atoms with Crippen LogP contribution >= 0.6 is 0 Å². The molecule has 0 aliphatic carbocycles. The number of sulfone groups is 1. The lowest BCUT2D eigenvalue weighted by Gasteiger charge is -2.07. The maximum absolute atomic E-state index is 12.0. The second kappa shape index (κ2) is 6.82. The Bertz CT molecular complexity index is 547. The molecule has 0 aromatic heterocycles. The average Bonchev–Trinajstić information content (AvgIpc) is 2.28. The van der Waals surface area contributed by atoms with E-state index < -0.39 is 15.6 Å². The van der Waals surface area contributed by atoms with Crippen LogP contribution in [0.4, 0.5) is 0 Å². The molecule has 106 valence electrons. The van der Waals surface area contributed by atoms with E-state index in [1.54, 1.807) is 6.07 Å². The molecule has 0 unspecified atom stereocenters. The van der Waals surface area contributed by atoms with Crippen LogP contribution in [-0.2, 0) is 14.6 Å². The van der Waals surface area contributed by atoms with Gasteiger partial charge < -0.3 is 4.74 Å². The number of ether oxygens (including phenoxy) is 1. The molecule has 19 heavy (non-hydrogen) atoms. The molecule has 0 N–H and O–H groups in total. The van der Waals surface area contributed by atoms with Crippen LogP contribution in [0.25, 0.3) is 0 Å². The highest BCUT2D eigenvalue weighted by Gasteiger charge is 2.19. The summed E-state index contributed by atoms with van der Waals surface area (Å²) in [6.45, 7) is 4.14. The zero-order valence-electron chi connectivity index (χ0n) is 11.6. The van der Waals surface area contributed by atoms with Gasteiger partial charge in [-0.25, -0.2) is 8.42 Å². The number of benzene rings is 1. The SMILES string of the molecule is COCCCS(=O)(=O)CC(=O)c1ccc(C)cc1C. The molecule has 0 radical (unpaired) electrons. The van der Waals surface area contributed by atoms with E-state index in [1.807, 2.05) is 26.0 Å². The van der Waals surface area contributed by atoms with E-state index in [-0.39, 0.29) is 11.5 Å². The second-order valence-electron chi connectivity index (χ2n) is 4.68. The molecule has 0 amide bonds. The maximum atomic E-state index is 12.0. The zero-order valence-corrected chi connectivity index (χ0v) is 12.4. The number of ketones is 1. The highest BCUT2D eigenvalue weighted by atomic mass is 32.2. The van der Waals surface area contributed by atoms with Crippen molar-refractivity contribution in [1.29, 1.82) is 0 Å². The monoisotopic (exact) mass is 284 g/mol. The first-order valence-electron chi connectivity index (χ1n) is 6.15. The van der Waals surface area contributed by atoms with Crippen molar-refractivity contribution in [3.63, 3.8) is 0 Å². The topological polar surface area (TPSA) is 60.4 Å². The lowest BCUT2D eigenvalue weighted by atomic mass is 10.0. The van der Waals surface area contributed by atoms with Gasteiger partial charge >= 0.3 is 0 Å². The number of aryl methyl sites for hydroxylation is 2. The molecule has 0 atom stereocenters. The van der Waals surface area contributed by atoms with Crippen molar-refractivity contribution in [2.24, 2.45) is 0 Å². The summed E-state index contributed by atoms with van der Waals surface area (Å²) in [7, 11) is -1.84. The molecule has 5 heteroatoms. The minimum absolute atomic E-state index is 0.0164. The van der Waals surface area contributed by atoms with Crippen LogP contribution in [0.15, 0.2) is 18.2 Å². The molecule has 0 bridgehead atoms. The fraction of sp³-hybridized carbons (Fsp3) is 0.500. The van der Waals surface area contributed by atoms with E-state index in [9.17, 15) is 13.2 Å². The molecule has 0 saturated heterocycles. The molecular formula is C14H20O4S. The summed E-state index contributed by atoms with van der Waals surface area (Å²) in [5, 5.41) is 0. The smallest absolute Gasteiger partial charge is 0.178 e. The van der Waals surface area contributed by atoms with E-state index in [4.69, 9.17) is 4.74 Å². The lowest BCUT2D eigenvalue weighted by Crippen LogP contribution is -2.20. The van der Waals surface area contributed by atoms with Crippen molar-refractivity contribution < 1.29 is 17.9 Å². The Balaban J connectivity index is 2.73. The van der Waals surface area contributed by atoms with Crippen LogP contribution in [0.2, 0.25) is 0 Å².